The zero-order valence-electron chi connectivity index (χ0n) is 34.3. The van der Waals surface area contributed by atoms with Crippen LogP contribution in [0.2, 0.25) is 0 Å². The van der Waals surface area contributed by atoms with Crippen molar-refractivity contribution < 1.29 is 4.74 Å². The van der Waals surface area contributed by atoms with Crippen molar-refractivity contribution in [2.75, 3.05) is 0 Å². The van der Waals surface area contributed by atoms with Gasteiger partial charge in [-0.05, 0) is 65.8 Å². The summed E-state index contributed by atoms with van der Waals surface area (Å²) < 4.78 is 7.14. The van der Waals surface area contributed by atoms with Gasteiger partial charge >= 0.3 is 0 Å². The topological polar surface area (TPSA) is 46.8 Å². The molecule has 4 nitrogen and oxygen atoms in total. The fourth-order valence-corrected chi connectivity index (χ4v) is 11.1. The molecule has 2 aliphatic heterocycles. The van der Waals surface area contributed by atoms with E-state index in [4.69, 9.17) is 19.7 Å². The van der Waals surface area contributed by atoms with Crippen LogP contribution in [0.4, 0.5) is 0 Å². The summed E-state index contributed by atoms with van der Waals surface area (Å²) in [5.41, 5.74) is 13.6. The quantitative estimate of drug-likeness (QED) is 0.158. The molecule has 0 fully saturated rings. The molecule has 60 heavy (non-hydrogen) atoms. The fraction of sp³-hybridized carbons (Fsp3) is 0.196. The van der Waals surface area contributed by atoms with E-state index in [0.717, 1.165) is 64.6 Å². The second-order valence-corrected chi connectivity index (χ2v) is 17.2. The summed E-state index contributed by atoms with van der Waals surface area (Å²) in [6, 6.07) is 60.9. The minimum atomic E-state index is -0.462. The SMILES string of the molecule is CCC1C(c2cccc3c2-c2ccccc2C32c3ccccc3OC3(C)CC=CCC32C)=NC(c2cc(-c3ccccc3)nc(-c3ccccc3)c2)=NC1c1ccccc1. The highest BCUT2D eigenvalue weighted by atomic mass is 16.5. The number of benzene rings is 6. The Morgan fingerprint density at radius 3 is 1.87 bits per heavy atom. The standard InChI is InChI=1S/C56H47N3O/c1-4-41-51(39-25-12-7-13-26-39)58-53(40-35-47(37-21-8-5-9-22-37)57-48(36-40)38-23-10-6-11-24-38)59-52(41)43-28-20-31-46-50(43)42-27-14-15-29-44(42)56(46)45-30-16-17-32-49(45)60-55(3)34-19-18-33-54(55,56)2/h5-32,35-36,41,51H,4,33-34H2,1-3H3. The maximum Gasteiger partial charge on any atom is 0.155 e. The Balaban J connectivity index is 1.18. The number of pyridine rings is 1. The molecule has 0 saturated heterocycles. The average Bonchev–Trinajstić information content (AvgIpc) is 3.61. The van der Waals surface area contributed by atoms with Gasteiger partial charge in [-0.15, -0.1) is 0 Å². The number of hydrogen-bond donors (Lipinski definition) is 0. The lowest BCUT2D eigenvalue weighted by Gasteiger charge is -2.61. The van der Waals surface area contributed by atoms with E-state index in [-0.39, 0.29) is 17.4 Å². The smallest absolute Gasteiger partial charge is 0.155 e. The first-order chi connectivity index (χ1) is 29.4. The Kier molecular flexibility index (Phi) is 8.49. The van der Waals surface area contributed by atoms with Crippen molar-refractivity contribution >= 4 is 11.5 Å². The molecule has 4 aliphatic rings. The first-order valence-electron chi connectivity index (χ1n) is 21.5. The van der Waals surface area contributed by atoms with Gasteiger partial charge in [0.15, 0.2) is 5.84 Å². The van der Waals surface area contributed by atoms with E-state index in [9.17, 15) is 0 Å². The van der Waals surface area contributed by atoms with E-state index in [2.05, 4.69) is 191 Å². The summed E-state index contributed by atoms with van der Waals surface area (Å²) in [5, 5.41) is 0. The number of amidine groups is 1. The summed E-state index contributed by atoms with van der Waals surface area (Å²) in [6.45, 7) is 7.11. The number of para-hydroxylation sites is 1. The first-order valence-corrected chi connectivity index (χ1v) is 21.5. The highest BCUT2D eigenvalue weighted by Gasteiger charge is 2.67. The van der Waals surface area contributed by atoms with Gasteiger partial charge < -0.3 is 4.74 Å². The van der Waals surface area contributed by atoms with Crippen molar-refractivity contribution in [2.45, 2.75) is 57.1 Å². The van der Waals surface area contributed by atoms with Gasteiger partial charge in [-0.1, -0.05) is 178 Å². The number of rotatable bonds is 6. The van der Waals surface area contributed by atoms with Gasteiger partial charge in [0.25, 0.3) is 0 Å². The third-order valence-corrected chi connectivity index (χ3v) is 14.2. The van der Waals surface area contributed by atoms with E-state index in [0.29, 0.717) is 0 Å². The molecule has 1 spiro atoms. The monoisotopic (exact) mass is 777 g/mol. The molecule has 0 amide bonds. The number of ether oxygens (including phenoxy) is 1. The predicted molar refractivity (Wildman–Crippen MR) is 245 cm³/mol. The molecule has 5 unspecified atom stereocenters. The summed E-state index contributed by atoms with van der Waals surface area (Å²) in [5.74, 6) is 1.74. The molecule has 11 rings (SSSR count). The van der Waals surface area contributed by atoms with E-state index < -0.39 is 11.0 Å². The average molecular weight is 778 g/mol. The second kappa shape index (κ2) is 14.0. The number of fused-ring (bicyclic) bond motifs is 9. The van der Waals surface area contributed by atoms with Crippen LogP contribution in [0, 0.1) is 11.3 Å². The Morgan fingerprint density at radius 2 is 1.17 bits per heavy atom. The third-order valence-electron chi connectivity index (χ3n) is 14.2. The van der Waals surface area contributed by atoms with Gasteiger partial charge in [0.1, 0.15) is 11.4 Å². The van der Waals surface area contributed by atoms with Gasteiger partial charge in [-0.25, -0.2) is 9.98 Å². The van der Waals surface area contributed by atoms with Crippen LogP contribution in [0.1, 0.15) is 79.5 Å². The van der Waals surface area contributed by atoms with Crippen LogP contribution in [0.15, 0.2) is 192 Å². The zero-order chi connectivity index (χ0) is 40.5. The lowest BCUT2D eigenvalue weighted by Crippen LogP contribution is -2.63. The number of aliphatic imine (C=N–C) groups is 2. The molecule has 4 heteroatoms. The van der Waals surface area contributed by atoms with Crippen molar-refractivity contribution in [3.8, 4) is 39.4 Å². The van der Waals surface area contributed by atoms with Crippen molar-refractivity contribution in [1.29, 1.82) is 0 Å². The molecule has 7 aromatic rings. The highest BCUT2D eigenvalue weighted by molar-refractivity contribution is 6.18. The third kappa shape index (κ3) is 5.26. The number of aromatic nitrogens is 1. The minimum absolute atomic E-state index is 0.0378. The van der Waals surface area contributed by atoms with E-state index in [1.54, 1.807) is 0 Å². The van der Waals surface area contributed by atoms with Crippen LogP contribution in [-0.4, -0.2) is 22.1 Å². The van der Waals surface area contributed by atoms with Gasteiger partial charge in [-0.3, -0.25) is 4.99 Å². The molecule has 6 aromatic carbocycles. The van der Waals surface area contributed by atoms with Gasteiger partial charge in [-0.2, -0.15) is 0 Å². The van der Waals surface area contributed by atoms with E-state index in [1.807, 2.05) is 12.1 Å². The van der Waals surface area contributed by atoms with Crippen LogP contribution in [0.3, 0.4) is 0 Å². The summed E-state index contributed by atoms with van der Waals surface area (Å²) in [7, 11) is 0. The van der Waals surface area contributed by atoms with Crippen molar-refractivity contribution in [1.82, 2.24) is 4.98 Å². The largest absolute Gasteiger partial charge is 0.486 e. The minimum Gasteiger partial charge on any atom is -0.486 e. The molecule has 5 atom stereocenters. The van der Waals surface area contributed by atoms with E-state index >= 15 is 0 Å². The number of nitrogens with zero attached hydrogens (tertiary/aromatic N) is 3. The first kappa shape index (κ1) is 36.4. The summed E-state index contributed by atoms with van der Waals surface area (Å²) in [4.78, 5) is 16.6. The van der Waals surface area contributed by atoms with Crippen LogP contribution >= 0.6 is 0 Å². The Hall–Kier alpha value is -6.65. The second-order valence-electron chi connectivity index (χ2n) is 17.2. The van der Waals surface area contributed by atoms with E-state index in [1.165, 1.54) is 38.9 Å². The highest BCUT2D eigenvalue weighted by Crippen LogP contribution is 2.70. The fourth-order valence-electron chi connectivity index (χ4n) is 11.1. The Bertz CT molecular complexity index is 2820. The molecule has 0 radical (unpaired) electrons. The van der Waals surface area contributed by atoms with Crippen LogP contribution < -0.4 is 4.74 Å². The number of hydrogen-bond acceptors (Lipinski definition) is 4. The van der Waals surface area contributed by atoms with Crippen molar-refractivity contribution in [3.63, 3.8) is 0 Å². The van der Waals surface area contributed by atoms with Crippen LogP contribution in [-0.2, 0) is 5.41 Å². The normalized spacial score (nSPS) is 24.6. The number of allylic oxidation sites excluding steroid dienone is 1. The summed E-state index contributed by atoms with van der Waals surface area (Å²) >= 11 is 0. The maximum absolute atomic E-state index is 7.14. The Labute approximate surface area is 353 Å². The molecular weight excluding hydrogens is 731 g/mol. The molecule has 3 heterocycles. The molecule has 2 aliphatic carbocycles. The molecule has 1 aromatic heterocycles. The van der Waals surface area contributed by atoms with Gasteiger partial charge in [0.05, 0.1) is 28.6 Å². The van der Waals surface area contributed by atoms with Crippen molar-refractivity contribution in [2.24, 2.45) is 21.3 Å². The molecule has 292 valence electrons. The zero-order valence-corrected chi connectivity index (χ0v) is 34.3. The van der Waals surface area contributed by atoms with Gasteiger partial charge in [0, 0.05) is 45.6 Å². The lowest BCUT2D eigenvalue weighted by atomic mass is 9.46. The van der Waals surface area contributed by atoms with Crippen LogP contribution in [0.25, 0.3) is 33.6 Å². The Morgan fingerprint density at radius 1 is 0.583 bits per heavy atom. The maximum atomic E-state index is 7.14. The molecular formula is C56H47N3O. The molecule has 0 bridgehead atoms. The summed E-state index contributed by atoms with van der Waals surface area (Å²) in [6.07, 6.45) is 7.33. The van der Waals surface area contributed by atoms with Crippen molar-refractivity contribution in [3.05, 3.63) is 215 Å². The molecule has 0 saturated carbocycles. The predicted octanol–water partition coefficient (Wildman–Crippen LogP) is 13.3. The molecule has 0 N–H and O–H groups in total. The van der Waals surface area contributed by atoms with Crippen LogP contribution in [0.5, 0.6) is 5.75 Å². The van der Waals surface area contributed by atoms with Gasteiger partial charge in [0.2, 0.25) is 0 Å². The lowest BCUT2D eigenvalue weighted by molar-refractivity contribution is -0.0865.